The fraction of sp³-hybridized carbons (Fsp3) is 0.150. The molecule has 0 radical (unpaired) electrons. The van der Waals surface area contributed by atoms with Gasteiger partial charge in [0, 0.05) is 22.7 Å². The van der Waals surface area contributed by atoms with Crippen molar-refractivity contribution < 1.29 is 19.0 Å². The second-order valence-corrected chi connectivity index (χ2v) is 6.25. The van der Waals surface area contributed by atoms with E-state index in [4.69, 9.17) is 25.8 Å². The monoisotopic (exact) mass is 414 g/mol. The van der Waals surface area contributed by atoms with Crippen LogP contribution in [0, 0.1) is 0 Å². The molecule has 29 heavy (non-hydrogen) atoms. The van der Waals surface area contributed by atoms with Crippen molar-refractivity contribution in [3.63, 3.8) is 0 Å². The number of benzene rings is 2. The Morgan fingerprint density at radius 2 is 1.72 bits per heavy atom. The molecule has 2 aromatic carbocycles. The summed E-state index contributed by atoms with van der Waals surface area (Å²) in [6, 6.07) is 12.2. The van der Waals surface area contributed by atoms with Crippen LogP contribution in [-0.4, -0.2) is 43.6 Å². The number of H-pyrrole nitrogens is 1. The molecule has 0 spiro atoms. The highest BCUT2D eigenvalue weighted by Crippen LogP contribution is 2.32. The Morgan fingerprint density at radius 1 is 1.07 bits per heavy atom. The van der Waals surface area contributed by atoms with Crippen molar-refractivity contribution in [1.29, 1.82) is 0 Å². The topological polar surface area (TPSA) is 97.8 Å². The largest absolute Gasteiger partial charge is 0.496 e. The summed E-state index contributed by atoms with van der Waals surface area (Å²) in [5.74, 6) is 1.11. The first-order chi connectivity index (χ1) is 14.0. The molecule has 0 fully saturated rings. The molecule has 0 aliphatic carbocycles. The van der Waals surface area contributed by atoms with E-state index in [2.05, 4.69) is 20.7 Å². The van der Waals surface area contributed by atoms with Crippen LogP contribution in [0.25, 0.3) is 11.3 Å². The van der Waals surface area contributed by atoms with Crippen molar-refractivity contribution in [2.45, 2.75) is 0 Å². The van der Waals surface area contributed by atoms with E-state index in [0.29, 0.717) is 33.5 Å². The lowest BCUT2D eigenvalue weighted by atomic mass is 10.1. The van der Waals surface area contributed by atoms with E-state index in [0.717, 1.165) is 5.56 Å². The van der Waals surface area contributed by atoms with Crippen LogP contribution in [0.5, 0.6) is 17.2 Å². The van der Waals surface area contributed by atoms with Gasteiger partial charge in [-0.25, -0.2) is 5.43 Å². The second-order valence-electron chi connectivity index (χ2n) is 5.82. The van der Waals surface area contributed by atoms with E-state index in [1.807, 2.05) is 12.1 Å². The summed E-state index contributed by atoms with van der Waals surface area (Å²) >= 11 is 5.89. The van der Waals surface area contributed by atoms with Gasteiger partial charge in [-0.3, -0.25) is 9.89 Å². The number of amides is 1. The summed E-state index contributed by atoms with van der Waals surface area (Å²) in [6.45, 7) is 0. The van der Waals surface area contributed by atoms with Gasteiger partial charge in [0.25, 0.3) is 5.91 Å². The van der Waals surface area contributed by atoms with E-state index in [1.54, 1.807) is 37.4 Å². The lowest BCUT2D eigenvalue weighted by Crippen LogP contribution is -2.18. The predicted molar refractivity (Wildman–Crippen MR) is 110 cm³/mol. The maximum atomic E-state index is 12.3. The van der Waals surface area contributed by atoms with Gasteiger partial charge >= 0.3 is 0 Å². The number of rotatable bonds is 7. The summed E-state index contributed by atoms with van der Waals surface area (Å²) in [5, 5.41) is 11.5. The minimum Gasteiger partial charge on any atom is -0.496 e. The summed E-state index contributed by atoms with van der Waals surface area (Å²) in [6.07, 6.45) is 1.44. The van der Waals surface area contributed by atoms with Crippen molar-refractivity contribution in [2.75, 3.05) is 21.3 Å². The minimum atomic E-state index is -0.444. The van der Waals surface area contributed by atoms with Crippen LogP contribution in [0.3, 0.4) is 0 Å². The second kappa shape index (κ2) is 9.11. The third kappa shape index (κ3) is 4.67. The number of nitrogens with one attached hydrogen (secondary N) is 2. The van der Waals surface area contributed by atoms with Crippen molar-refractivity contribution in [1.82, 2.24) is 15.6 Å². The quantitative estimate of drug-likeness (QED) is 0.455. The van der Waals surface area contributed by atoms with Crippen LogP contribution >= 0.6 is 11.6 Å². The van der Waals surface area contributed by atoms with Crippen molar-refractivity contribution in [2.24, 2.45) is 5.10 Å². The molecule has 2 N–H and O–H groups in total. The first-order valence-corrected chi connectivity index (χ1v) is 8.88. The molecule has 9 heteroatoms. The van der Waals surface area contributed by atoms with E-state index in [9.17, 15) is 4.79 Å². The lowest BCUT2D eigenvalue weighted by Gasteiger charge is -2.12. The molecule has 3 rings (SSSR count). The molecule has 3 aromatic rings. The van der Waals surface area contributed by atoms with Gasteiger partial charge in [0.15, 0.2) is 0 Å². The number of aromatic nitrogens is 2. The van der Waals surface area contributed by atoms with Gasteiger partial charge < -0.3 is 14.2 Å². The Morgan fingerprint density at radius 3 is 2.31 bits per heavy atom. The van der Waals surface area contributed by atoms with Crippen LogP contribution in [0.2, 0.25) is 5.02 Å². The van der Waals surface area contributed by atoms with Crippen LogP contribution in [0.1, 0.15) is 16.1 Å². The third-order valence-corrected chi connectivity index (χ3v) is 4.33. The van der Waals surface area contributed by atoms with E-state index in [-0.39, 0.29) is 5.69 Å². The molecule has 0 saturated heterocycles. The number of ether oxygens (including phenoxy) is 3. The highest BCUT2D eigenvalue weighted by atomic mass is 35.5. The van der Waals surface area contributed by atoms with Gasteiger partial charge in [-0.1, -0.05) is 23.7 Å². The van der Waals surface area contributed by atoms with Gasteiger partial charge in [-0.15, -0.1) is 0 Å². The summed E-state index contributed by atoms with van der Waals surface area (Å²) in [5.41, 5.74) is 4.72. The average Bonchev–Trinajstić information content (AvgIpc) is 3.24. The van der Waals surface area contributed by atoms with Crippen molar-refractivity contribution in [3.8, 4) is 28.5 Å². The van der Waals surface area contributed by atoms with Gasteiger partial charge in [0.2, 0.25) is 0 Å². The zero-order valence-electron chi connectivity index (χ0n) is 16.0. The van der Waals surface area contributed by atoms with Gasteiger partial charge in [-0.2, -0.15) is 10.2 Å². The fourth-order valence-corrected chi connectivity index (χ4v) is 2.71. The zero-order valence-corrected chi connectivity index (χ0v) is 16.8. The molecule has 0 atom stereocenters. The number of halogens is 1. The number of methoxy groups -OCH3 is 3. The SMILES string of the molecule is COc1cc(OC)c(C=NNC(=O)c2cc(-c3ccc(Cl)cc3)n[nH]2)c(OC)c1. The molecule has 150 valence electrons. The number of hydrogen-bond donors (Lipinski definition) is 2. The zero-order chi connectivity index (χ0) is 20.8. The Hall–Kier alpha value is -3.52. The van der Waals surface area contributed by atoms with Crippen molar-refractivity contribution in [3.05, 3.63) is 58.7 Å². The van der Waals surface area contributed by atoms with Gasteiger partial charge in [0.1, 0.15) is 22.9 Å². The number of carbonyl (C=O) groups is 1. The fourth-order valence-electron chi connectivity index (χ4n) is 2.58. The highest BCUT2D eigenvalue weighted by molar-refractivity contribution is 6.30. The molecule has 0 bridgehead atoms. The lowest BCUT2D eigenvalue weighted by molar-refractivity contribution is 0.0950. The molecule has 0 saturated carbocycles. The van der Waals surface area contributed by atoms with Crippen molar-refractivity contribution >= 4 is 23.7 Å². The standard InChI is InChI=1S/C20H19ClN4O4/c1-27-14-8-18(28-2)15(19(9-14)29-3)11-22-25-20(26)17-10-16(23-24-17)12-4-6-13(21)7-5-12/h4-11H,1-3H3,(H,23,24)(H,25,26). The van der Waals surface area contributed by atoms with E-state index in [1.165, 1.54) is 20.4 Å². The highest BCUT2D eigenvalue weighted by Gasteiger charge is 2.13. The summed E-state index contributed by atoms with van der Waals surface area (Å²) in [7, 11) is 4.59. The minimum absolute atomic E-state index is 0.265. The molecular weight excluding hydrogens is 396 g/mol. The normalized spacial score (nSPS) is 10.8. The summed E-state index contributed by atoms with van der Waals surface area (Å²) < 4.78 is 15.9. The van der Waals surface area contributed by atoms with Crippen LogP contribution < -0.4 is 19.6 Å². The third-order valence-electron chi connectivity index (χ3n) is 4.08. The average molecular weight is 415 g/mol. The molecule has 1 amide bonds. The first kappa shape index (κ1) is 20.2. The summed E-state index contributed by atoms with van der Waals surface area (Å²) in [4.78, 5) is 12.3. The van der Waals surface area contributed by atoms with Crippen LogP contribution in [0.4, 0.5) is 0 Å². The molecular formula is C20H19ClN4O4. The van der Waals surface area contributed by atoms with Gasteiger partial charge in [0.05, 0.1) is 38.8 Å². The Labute approximate surface area is 172 Å². The molecule has 0 aliphatic rings. The maximum Gasteiger partial charge on any atom is 0.289 e. The van der Waals surface area contributed by atoms with E-state index < -0.39 is 5.91 Å². The smallest absolute Gasteiger partial charge is 0.289 e. The molecule has 1 aromatic heterocycles. The Balaban J connectivity index is 1.74. The van der Waals surface area contributed by atoms with Crippen LogP contribution in [-0.2, 0) is 0 Å². The van der Waals surface area contributed by atoms with E-state index >= 15 is 0 Å². The first-order valence-electron chi connectivity index (χ1n) is 8.50. The number of nitrogens with zero attached hydrogens (tertiary/aromatic N) is 2. The number of carbonyl (C=O) groups excluding carboxylic acids is 1. The molecule has 0 unspecified atom stereocenters. The predicted octanol–water partition coefficient (Wildman–Crippen LogP) is 3.52. The Kier molecular flexibility index (Phi) is 6.36. The molecule has 1 heterocycles. The molecule has 8 nitrogen and oxygen atoms in total. The number of aromatic amines is 1. The van der Waals surface area contributed by atoms with Crippen LogP contribution in [0.15, 0.2) is 47.6 Å². The maximum absolute atomic E-state index is 12.3. The number of hydrogen-bond acceptors (Lipinski definition) is 6. The molecule has 0 aliphatic heterocycles. The van der Waals surface area contributed by atoms with Gasteiger partial charge in [-0.05, 0) is 18.2 Å². The number of hydrazone groups is 1. The Bertz CT molecular complexity index is 1010.